The lowest BCUT2D eigenvalue weighted by atomic mass is 9.87. The van der Waals surface area contributed by atoms with Gasteiger partial charge in [0.15, 0.2) is 0 Å². The van der Waals surface area contributed by atoms with Crippen LogP contribution in [0.5, 0.6) is 0 Å². The number of carbonyl (C=O) groups is 1. The van der Waals surface area contributed by atoms with Crippen LogP contribution in [0.2, 0.25) is 0 Å². The summed E-state index contributed by atoms with van der Waals surface area (Å²) in [6, 6.07) is 14.8. The third kappa shape index (κ3) is 5.32. The number of fused-ring (bicyclic) bond motifs is 1. The van der Waals surface area contributed by atoms with Gasteiger partial charge in [0.25, 0.3) is 0 Å². The van der Waals surface area contributed by atoms with Gasteiger partial charge in [-0.1, -0.05) is 42.5 Å². The molecule has 6 heteroatoms. The highest BCUT2D eigenvalue weighted by molar-refractivity contribution is 5.69. The second kappa shape index (κ2) is 10.1. The van der Waals surface area contributed by atoms with Crippen LogP contribution in [0, 0.1) is 5.82 Å². The van der Waals surface area contributed by atoms with Crippen molar-refractivity contribution in [3.8, 4) is 0 Å². The maximum absolute atomic E-state index is 13.5. The van der Waals surface area contributed by atoms with E-state index in [-0.39, 0.29) is 36.7 Å². The van der Waals surface area contributed by atoms with E-state index in [2.05, 4.69) is 35.6 Å². The number of aliphatic hydroxyl groups is 2. The molecule has 3 rings (SSSR count). The lowest BCUT2D eigenvalue weighted by molar-refractivity contribution is -0.143. The third-order valence-electron chi connectivity index (χ3n) is 5.67. The molecule has 4 atom stereocenters. The van der Waals surface area contributed by atoms with Gasteiger partial charge in [-0.25, -0.2) is 4.39 Å². The number of nitrogens with zero attached hydrogens (tertiary/aromatic N) is 1. The number of aliphatic hydroxyl groups excluding tert-OH is 2. The van der Waals surface area contributed by atoms with Crippen LogP contribution in [0.4, 0.5) is 10.1 Å². The number of esters is 1. The van der Waals surface area contributed by atoms with Gasteiger partial charge in [-0.3, -0.25) is 4.79 Å². The fourth-order valence-electron chi connectivity index (χ4n) is 4.32. The van der Waals surface area contributed by atoms with Gasteiger partial charge in [0.05, 0.1) is 31.8 Å². The fraction of sp³-hybridized carbons (Fsp3) is 0.400. The number of hydrogen-bond acceptors (Lipinski definition) is 5. The molecule has 0 bridgehead atoms. The van der Waals surface area contributed by atoms with Gasteiger partial charge in [0.1, 0.15) is 5.82 Å². The fourth-order valence-corrected chi connectivity index (χ4v) is 4.32. The average Bonchev–Trinajstić information content (AvgIpc) is 3.07. The molecule has 0 aromatic heterocycles. The normalized spacial score (nSPS) is 20.2. The minimum atomic E-state index is -0.984. The van der Waals surface area contributed by atoms with Gasteiger partial charge in [-0.2, -0.15) is 0 Å². The van der Waals surface area contributed by atoms with E-state index in [0.717, 1.165) is 16.8 Å². The number of methoxy groups -OCH3 is 1. The highest BCUT2D eigenvalue weighted by atomic mass is 19.1. The molecule has 0 saturated carbocycles. The summed E-state index contributed by atoms with van der Waals surface area (Å²) in [5.74, 6) is -0.822. The molecular weight excluding hydrogens is 397 g/mol. The predicted octanol–water partition coefficient (Wildman–Crippen LogP) is 3.79. The zero-order valence-corrected chi connectivity index (χ0v) is 18.1. The van der Waals surface area contributed by atoms with E-state index in [0.29, 0.717) is 0 Å². The molecule has 2 N–H and O–H groups in total. The van der Waals surface area contributed by atoms with Gasteiger partial charge >= 0.3 is 5.97 Å². The number of ether oxygens (including phenoxy) is 1. The first-order valence-corrected chi connectivity index (χ1v) is 10.6. The summed E-state index contributed by atoms with van der Waals surface area (Å²) in [5, 5.41) is 20.4. The molecule has 0 amide bonds. The number of rotatable bonds is 8. The minimum absolute atomic E-state index is 0.0253. The van der Waals surface area contributed by atoms with Gasteiger partial charge in [-0.15, -0.1) is 0 Å². The van der Waals surface area contributed by atoms with Crippen LogP contribution < -0.4 is 4.90 Å². The lowest BCUT2D eigenvalue weighted by Gasteiger charge is -2.32. The zero-order chi connectivity index (χ0) is 22.5. The Labute approximate surface area is 182 Å². The summed E-state index contributed by atoms with van der Waals surface area (Å²) in [5.41, 5.74) is 3.26. The van der Waals surface area contributed by atoms with Gasteiger partial charge in [-0.05, 0) is 43.2 Å². The monoisotopic (exact) mass is 427 g/mol. The number of halogens is 1. The first kappa shape index (κ1) is 23.0. The number of para-hydroxylation sites is 1. The Morgan fingerprint density at radius 2 is 1.84 bits per heavy atom. The van der Waals surface area contributed by atoms with Gasteiger partial charge < -0.3 is 19.8 Å². The predicted molar refractivity (Wildman–Crippen MR) is 118 cm³/mol. The van der Waals surface area contributed by atoms with Crippen molar-refractivity contribution >= 4 is 11.7 Å². The van der Waals surface area contributed by atoms with Crippen molar-refractivity contribution in [3.63, 3.8) is 0 Å². The number of anilines is 1. The van der Waals surface area contributed by atoms with Crippen LogP contribution in [0.1, 0.15) is 43.7 Å². The number of benzene rings is 2. The summed E-state index contributed by atoms with van der Waals surface area (Å²) in [6.45, 7) is 4.22. The minimum Gasteiger partial charge on any atom is -0.469 e. The Morgan fingerprint density at radius 1 is 1.16 bits per heavy atom. The van der Waals surface area contributed by atoms with Crippen LogP contribution in [-0.2, 0) is 9.53 Å². The van der Waals surface area contributed by atoms with Crippen molar-refractivity contribution in [3.05, 3.63) is 77.6 Å². The van der Waals surface area contributed by atoms with Crippen molar-refractivity contribution in [1.82, 2.24) is 0 Å². The maximum Gasteiger partial charge on any atom is 0.308 e. The van der Waals surface area contributed by atoms with Crippen LogP contribution in [0.15, 0.2) is 60.7 Å². The molecule has 1 aliphatic heterocycles. The molecule has 31 heavy (non-hydrogen) atoms. The standard InChI is InChI=1S/C25H30FNO4/c1-16(2)27-22-7-5-4-6-21(22)25(17-8-10-18(26)11-9-17)23(27)13-12-19(28)14-20(29)15-24(30)31-3/h4-13,16,19-20,23,25,28-29H,14-15H2,1-3H3/b13-12-/t19-,20+,23-,25+/m1/s1. The Hall–Kier alpha value is -2.70. The Balaban J connectivity index is 1.88. The van der Waals surface area contributed by atoms with E-state index < -0.39 is 18.2 Å². The second-order valence-corrected chi connectivity index (χ2v) is 8.20. The first-order chi connectivity index (χ1) is 14.8. The van der Waals surface area contributed by atoms with Gasteiger partial charge in [0.2, 0.25) is 0 Å². The molecule has 0 fully saturated rings. The van der Waals surface area contributed by atoms with Crippen LogP contribution in [0.3, 0.4) is 0 Å². The topological polar surface area (TPSA) is 70.0 Å². The molecule has 166 valence electrons. The quantitative estimate of drug-likeness (QED) is 0.496. The molecule has 0 radical (unpaired) electrons. The summed E-state index contributed by atoms with van der Waals surface area (Å²) in [4.78, 5) is 13.6. The van der Waals surface area contributed by atoms with Crippen molar-refractivity contribution in [2.24, 2.45) is 0 Å². The molecule has 2 aromatic rings. The molecule has 0 aliphatic carbocycles. The molecule has 0 unspecified atom stereocenters. The number of hydrogen-bond donors (Lipinski definition) is 2. The largest absolute Gasteiger partial charge is 0.469 e. The zero-order valence-electron chi connectivity index (χ0n) is 18.1. The molecule has 0 saturated heterocycles. The smallest absolute Gasteiger partial charge is 0.308 e. The molecule has 5 nitrogen and oxygen atoms in total. The Morgan fingerprint density at radius 3 is 2.48 bits per heavy atom. The Bertz CT molecular complexity index is 912. The first-order valence-electron chi connectivity index (χ1n) is 10.6. The van der Waals surface area contributed by atoms with Crippen molar-refractivity contribution < 1.29 is 24.1 Å². The van der Waals surface area contributed by atoms with Crippen molar-refractivity contribution in [2.75, 3.05) is 12.0 Å². The van der Waals surface area contributed by atoms with Crippen molar-refractivity contribution in [2.45, 2.75) is 56.9 Å². The van der Waals surface area contributed by atoms with Crippen LogP contribution in [0.25, 0.3) is 0 Å². The van der Waals surface area contributed by atoms with E-state index in [9.17, 15) is 19.4 Å². The maximum atomic E-state index is 13.5. The van der Waals surface area contributed by atoms with E-state index in [1.807, 2.05) is 18.2 Å². The van der Waals surface area contributed by atoms with Crippen molar-refractivity contribution in [1.29, 1.82) is 0 Å². The Kier molecular flexibility index (Phi) is 7.46. The second-order valence-electron chi connectivity index (χ2n) is 8.20. The summed E-state index contributed by atoms with van der Waals surface area (Å²) >= 11 is 0. The van der Waals surface area contributed by atoms with E-state index in [1.54, 1.807) is 18.2 Å². The summed E-state index contributed by atoms with van der Waals surface area (Å²) < 4.78 is 18.1. The molecule has 1 heterocycles. The van der Waals surface area contributed by atoms with E-state index in [1.165, 1.54) is 19.2 Å². The molecule has 0 spiro atoms. The van der Waals surface area contributed by atoms with Gasteiger partial charge in [0, 0.05) is 24.1 Å². The SMILES string of the molecule is COC(=O)C[C@@H](O)C[C@H](O)/C=C\[C@@H]1[C@@H](c2ccc(F)cc2)c2ccccc2N1C(C)C. The summed E-state index contributed by atoms with van der Waals surface area (Å²) in [6.07, 6.45) is 1.60. The molecule has 2 aromatic carbocycles. The number of carbonyl (C=O) groups excluding carboxylic acids is 1. The van der Waals surface area contributed by atoms with E-state index in [4.69, 9.17) is 0 Å². The lowest BCUT2D eigenvalue weighted by Crippen LogP contribution is -2.38. The average molecular weight is 428 g/mol. The third-order valence-corrected chi connectivity index (χ3v) is 5.67. The molecular formula is C25H30FNO4. The molecule has 1 aliphatic rings. The summed E-state index contributed by atoms with van der Waals surface area (Å²) in [7, 11) is 1.26. The highest BCUT2D eigenvalue weighted by Crippen LogP contribution is 2.46. The highest BCUT2D eigenvalue weighted by Gasteiger charge is 2.38. The van der Waals surface area contributed by atoms with Crippen LogP contribution >= 0.6 is 0 Å². The van der Waals surface area contributed by atoms with Crippen LogP contribution in [-0.4, -0.2) is 47.6 Å². The van der Waals surface area contributed by atoms with E-state index >= 15 is 0 Å².